The number of hydrogen-bond donors (Lipinski definition) is 1. The van der Waals surface area contributed by atoms with E-state index in [9.17, 15) is 14.0 Å². The summed E-state index contributed by atoms with van der Waals surface area (Å²) in [6.07, 6.45) is 2.20. The van der Waals surface area contributed by atoms with Gasteiger partial charge in [0.05, 0.1) is 16.7 Å². The van der Waals surface area contributed by atoms with Crippen molar-refractivity contribution >= 4 is 45.9 Å². The van der Waals surface area contributed by atoms with Crippen LogP contribution < -0.4 is 5.32 Å². The van der Waals surface area contributed by atoms with E-state index in [4.69, 9.17) is 16.3 Å². The van der Waals surface area contributed by atoms with Crippen LogP contribution in [0.2, 0.25) is 5.02 Å². The standard InChI is InChI=1S/C19H19ClFNO3S/c1-10(2)25-19(24)17-11(3)12(4)26-18(17)22-16(23)9-8-13-14(20)6-5-7-15(13)21/h5-10H,1-4H3,(H,22,23)/b9-8+. The van der Waals surface area contributed by atoms with Gasteiger partial charge in [0.2, 0.25) is 5.91 Å². The molecule has 0 saturated carbocycles. The van der Waals surface area contributed by atoms with Gasteiger partial charge in [-0.05, 0) is 51.5 Å². The Morgan fingerprint density at radius 1 is 1.31 bits per heavy atom. The van der Waals surface area contributed by atoms with Gasteiger partial charge in [-0.3, -0.25) is 4.79 Å². The molecule has 1 aromatic carbocycles. The summed E-state index contributed by atoms with van der Waals surface area (Å²) in [6.45, 7) is 7.17. The molecule has 0 saturated heterocycles. The number of carbonyl (C=O) groups excluding carboxylic acids is 2. The summed E-state index contributed by atoms with van der Waals surface area (Å²) in [5, 5.41) is 3.27. The van der Waals surface area contributed by atoms with Crippen LogP contribution in [0.25, 0.3) is 6.08 Å². The minimum atomic E-state index is -0.523. The number of thiophene rings is 1. The molecule has 1 aromatic heterocycles. The molecule has 138 valence electrons. The smallest absolute Gasteiger partial charge is 0.341 e. The number of aryl methyl sites for hydroxylation is 1. The Hall–Kier alpha value is -2.18. The van der Waals surface area contributed by atoms with E-state index in [1.165, 1.54) is 41.7 Å². The molecule has 0 atom stereocenters. The van der Waals surface area contributed by atoms with Crippen molar-refractivity contribution in [3.05, 3.63) is 56.7 Å². The molecule has 0 aliphatic heterocycles. The lowest BCUT2D eigenvalue weighted by atomic mass is 10.1. The lowest BCUT2D eigenvalue weighted by molar-refractivity contribution is -0.111. The van der Waals surface area contributed by atoms with Gasteiger partial charge in [-0.1, -0.05) is 17.7 Å². The Labute approximate surface area is 160 Å². The Morgan fingerprint density at radius 3 is 2.62 bits per heavy atom. The van der Waals surface area contributed by atoms with E-state index in [1.807, 2.05) is 6.92 Å². The number of halogens is 2. The fourth-order valence-corrected chi connectivity index (χ4v) is 3.49. The number of benzene rings is 1. The largest absolute Gasteiger partial charge is 0.459 e. The number of esters is 1. The highest BCUT2D eigenvalue weighted by Crippen LogP contribution is 2.33. The summed E-state index contributed by atoms with van der Waals surface area (Å²) >= 11 is 7.22. The first-order valence-corrected chi connectivity index (χ1v) is 9.14. The number of ether oxygens (including phenoxy) is 1. The van der Waals surface area contributed by atoms with Crippen LogP contribution in [0.5, 0.6) is 0 Å². The third kappa shape index (κ3) is 4.71. The maximum Gasteiger partial charge on any atom is 0.341 e. The molecule has 0 bridgehead atoms. The van der Waals surface area contributed by atoms with Crippen LogP contribution in [0.3, 0.4) is 0 Å². The molecule has 0 spiro atoms. The van der Waals surface area contributed by atoms with Crippen LogP contribution in [0.4, 0.5) is 9.39 Å². The van der Waals surface area contributed by atoms with Crippen LogP contribution in [-0.2, 0) is 9.53 Å². The molecule has 0 unspecified atom stereocenters. The van der Waals surface area contributed by atoms with E-state index in [-0.39, 0.29) is 16.7 Å². The van der Waals surface area contributed by atoms with Gasteiger partial charge in [0.25, 0.3) is 0 Å². The molecule has 2 aromatic rings. The second kappa shape index (κ2) is 8.47. The zero-order valence-corrected chi connectivity index (χ0v) is 16.4. The summed E-state index contributed by atoms with van der Waals surface area (Å²) in [7, 11) is 0. The first-order valence-electron chi connectivity index (χ1n) is 7.94. The normalized spacial score (nSPS) is 11.2. The Morgan fingerprint density at radius 2 is 2.00 bits per heavy atom. The quantitative estimate of drug-likeness (QED) is 0.546. The monoisotopic (exact) mass is 395 g/mol. The van der Waals surface area contributed by atoms with E-state index < -0.39 is 17.7 Å². The predicted octanol–water partition coefficient (Wildman–Crippen LogP) is 5.37. The van der Waals surface area contributed by atoms with E-state index in [2.05, 4.69) is 5.32 Å². The summed E-state index contributed by atoms with van der Waals surface area (Å²) in [4.78, 5) is 25.4. The first-order chi connectivity index (χ1) is 12.2. The number of nitrogens with one attached hydrogen (secondary N) is 1. The van der Waals surface area contributed by atoms with Gasteiger partial charge >= 0.3 is 5.97 Å². The van der Waals surface area contributed by atoms with Crippen LogP contribution in [0, 0.1) is 19.7 Å². The summed E-state index contributed by atoms with van der Waals surface area (Å²) in [5.74, 6) is -1.51. The summed E-state index contributed by atoms with van der Waals surface area (Å²) in [6, 6.07) is 4.28. The molecule has 1 amide bonds. The number of amides is 1. The second-order valence-corrected chi connectivity index (χ2v) is 7.53. The molecule has 0 radical (unpaired) electrons. The minimum absolute atomic E-state index is 0.127. The lowest BCUT2D eigenvalue weighted by Crippen LogP contribution is -2.15. The fraction of sp³-hybridized carbons (Fsp3) is 0.263. The van der Waals surface area contributed by atoms with Crippen molar-refractivity contribution < 1.29 is 18.7 Å². The van der Waals surface area contributed by atoms with Gasteiger partial charge in [-0.15, -0.1) is 11.3 Å². The van der Waals surface area contributed by atoms with Gasteiger partial charge in [0.1, 0.15) is 10.8 Å². The molecular formula is C19H19ClFNO3S. The van der Waals surface area contributed by atoms with Gasteiger partial charge < -0.3 is 10.1 Å². The van der Waals surface area contributed by atoms with Crippen LogP contribution in [0.15, 0.2) is 24.3 Å². The van der Waals surface area contributed by atoms with E-state index in [0.717, 1.165) is 10.4 Å². The molecule has 0 fully saturated rings. The molecule has 0 aliphatic rings. The molecule has 1 heterocycles. The Bertz CT molecular complexity index is 854. The second-order valence-electron chi connectivity index (χ2n) is 5.90. The average molecular weight is 396 g/mol. The van der Waals surface area contributed by atoms with Gasteiger partial charge in [0, 0.05) is 16.5 Å². The van der Waals surface area contributed by atoms with Crippen molar-refractivity contribution in [2.75, 3.05) is 5.32 Å². The van der Waals surface area contributed by atoms with Crippen molar-refractivity contribution in [2.24, 2.45) is 0 Å². The molecule has 7 heteroatoms. The van der Waals surface area contributed by atoms with Crippen LogP contribution >= 0.6 is 22.9 Å². The zero-order valence-electron chi connectivity index (χ0n) is 14.9. The topological polar surface area (TPSA) is 55.4 Å². The maximum atomic E-state index is 13.7. The van der Waals surface area contributed by atoms with Gasteiger partial charge in [-0.25, -0.2) is 9.18 Å². The van der Waals surface area contributed by atoms with Crippen molar-refractivity contribution in [2.45, 2.75) is 33.8 Å². The number of hydrogen-bond acceptors (Lipinski definition) is 4. The highest BCUT2D eigenvalue weighted by atomic mass is 35.5. The summed E-state index contributed by atoms with van der Waals surface area (Å²) in [5.41, 5.74) is 1.23. The van der Waals surface area contributed by atoms with Crippen molar-refractivity contribution in [1.29, 1.82) is 0 Å². The Kier molecular flexibility index (Phi) is 6.56. The van der Waals surface area contributed by atoms with Crippen LogP contribution in [-0.4, -0.2) is 18.0 Å². The van der Waals surface area contributed by atoms with E-state index in [1.54, 1.807) is 20.8 Å². The van der Waals surface area contributed by atoms with Gasteiger partial charge in [0.15, 0.2) is 0 Å². The molecule has 2 rings (SSSR count). The van der Waals surface area contributed by atoms with Gasteiger partial charge in [-0.2, -0.15) is 0 Å². The van der Waals surface area contributed by atoms with Crippen molar-refractivity contribution in [3.8, 4) is 0 Å². The Balaban J connectivity index is 2.23. The molecule has 4 nitrogen and oxygen atoms in total. The third-order valence-electron chi connectivity index (χ3n) is 3.57. The van der Waals surface area contributed by atoms with Crippen molar-refractivity contribution in [3.63, 3.8) is 0 Å². The molecule has 1 N–H and O–H groups in total. The first kappa shape index (κ1) is 20.1. The third-order valence-corrected chi connectivity index (χ3v) is 5.02. The molecule has 0 aliphatic carbocycles. The predicted molar refractivity (Wildman–Crippen MR) is 103 cm³/mol. The lowest BCUT2D eigenvalue weighted by Gasteiger charge is -2.09. The highest BCUT2D eigenvalue weighted by molar-refractivity contribution is 7.16. The zero-order chi connectivity index (χ0) is 19.4. The number of rotatable bonds is 5. The molecular weight excluding hydrogens is 377 g/mol. The SMILES string of the molecule is Cc1sc(NC(=O)/C=C/c2c(F)cccc2Cl)c(C(=O)OC(C)C)c1C. The van der Waals surface area contributed by atoms with E-state index in [0.29, 0.717) is 10.6 Å². The number of anilines is 1. The summed E-state index contributed by atoms with van der Waals surface area (Å²) < 4.78 is 19.0. The van der Waals surface area contributed by atoms with Crippen LogP contribution in [0.1, 0.15) is 40.2 Å². The number of carbonyl (C=O) groups is 2. The fourth-order valence-electron chi connectivity index (χ4n) is 2.22. The maximum absolute atomic E-state index is 13.7. The minimum Gasteiger partial charge on any atom is -0.459 e. The van der Waals surface area contributed by atoms with E-state index >= 15 is 0 Å². The average Bonchev–Trinajstić information content (AvgIpc) is 2.80. The highest BCUT2D eigenvalue weighted by Gasteiger charge is 2.22. The molecule has 26 heavy (non-hydrogen) atoms. The van der Waals surface area contributed by atoms with Crippen molar-refractivity contribution in [1.82, 2.24) is 0 Å².